The summed E-state index contributed by atoms with van der Waals surface area (Å²) >= 11 is 6.99. The first-order chi connectivity index (χ1) is 18.0. The van der Waals surface area contributed by atoms with E-state index >= 15 is 0 Å². The average Bonchev–Trinajstić information content (AvgIpc) is 3.42. The zero-order valence-electron chi connectivity index (χ0n) is 21.5. The molecule has 1 fully saturated rings. The molecule has 0 spiro atoms. The minimum Gasteiger partial charge on any atom is -0.381 e. The lowest BCUT2D eigenvalue weighted by atomic mass is 9.86. The van der Waals surface area contributed by atoms with Crippen molar-refractivity contribution in [2.45, 2.75) is 25.8 Å². The molecule has 37 heavy (non-hydrogen) atoms. The molecule has 0 N–H and O–H groups in total. The van der Waals surface area contributed by atoms with Crippen LogP contribution in [0, 0.1) is 12.8 Å². The van der Waals surface area contributed by atoms with Gasteiger partial charge in [-0.2, -0.15) is 0 Å². The highest BCUT2D eigenvalue weighted by molar-refractivity contribution is 6.36. The predicted octanol–water partition coefficient (Wildman–Crippen LogP) is 5.42. The number of pyridine rings is 2. The molecule has 5 aromatic rings. The van der Waals surface area contributed by atoms with Gasteiger partial charge in [-0.05, 0) is 37.3 Å². The second-order valence-electron chi connectivity index (χ2n) is 9.96. The van der Waals surface area contributed by atoms with Crippen molar-refractivity contribution in [1.82, 2.24) is 29.5 Å². The molecule has 1 atom stereocenters. The molecule has 0 bridgehead atoms. The fourth-order valence-corrected chi connectivity index (χ4v) is 6.03. The molecule has 1 aromatic carbocycles. The van der Waals surface area contributed by atoms with Gasteiger partial charge >= 0.3 is 0 Å². The van der Waals surface area contributed by atoms with Crippen molar-refractivity contribution in [3.8, 4) is 11.3 Å². The molecule has 0 amide bonds. The van der Waals surface area contributed by atoms with Gasteiger partial charge in [0.2, 0.25) is 0 Å². The minimum atomic E-state index is 0.0582. The van der Waals surface area contributed by atoms with E-state index in [9.17, 15) is 0 Å². The Bertz CT molecular complexity index is 1570. The molecule has 0 radical (unpaired) electrons. The van der Waals surface area contributed by atoms with Crippen LogP contribution in [0.2, 0.25) is 5.02 Å². The lowest BCUT2D eigenvalue weighted by molar-refractivity contribution is 0.0553. The van der Waals surface area contributed by atoms with E-state index < -0.39 is 0 Å². The second-order valence-corrected chi connectivity index (χ2v) is 10.4. The van der Waals surface area contributed by atoms with Crippen LogP contribution in [0.1, 0.15) is 30.1 Å². The molecule has 1 aliphatic rings. The van der Waals surface area contributed by atoms with Gasteiger partial charge in [0.1, 0.15) is 5.82 Å². The number of halogens is 1. The molecule has 8 nitrogen and oxygen atoms in total. The van der Waals surface area contributed by atoms with Crippen molar-refractivity contribution in [2.24, 2.45) is 13.0 Å². The van der Waals surface area contributed by atoms with Gasteiger partial charge in [-0.1, -0.05) is 47.1 Å². The van der Waals surface area contributed by atoms with Crippen LogP contribution in [0.3, 0.4) is 0 Å². The van der Waals surface area contributed by atoms with Crippen molar-refractivity contribution in [3.05, 3.63) is 65.1 Å². The van der Waals surface area contributed by atoms with Gasteiger partial charge < -0.3 is 14.2 Å². The maximum absolute atomic E-state index is 6.99. The second kappa shape index (κ2) is 9.43. The van der Waals surface area contributed by atoms with Crippen LogP contribution in [-0.4, -0.2) is 56.8 Å². The van der Waals surface area contributed by atoms with Gasteiger partial charge in [-0.25, -0.2) is 9.67 Å². The number of hydrogen-bond donors (Lipinski definition) is 0. The number of fused-ring (bicyclic) bond motifs is 3. The number of ether oxygens (including phenoxy) is 1. The molecule has 0 unspecified atom stereocenters. The smallest absolute Gasteiger partial charge is 0.139 e. The molecular formula is C28H30ClN7O. The molecule has 9 heteroatoms. The van der Waals surface area contributed by atoms with Crippen LogP contribution >= 0.6 is 11.6 Å². The molecule has 190 valence electrons. The number of anilines is 1. The predicted molar refractivity (Wildman–Crippen MR) is 147 cm³/mol. The highest BCUT2D eigenvalue weighted by Gasteiger charge is 2.32. The topological polar surface area (TPSA) is 73.9 Å². The third-order valence-corrected chi connectivity index (χ3v) is 7.69. The van der Waals surface area contributed by atoms with E-state index in [4.69, 9.17) is 26.3 Å². The van der Waals surface area contributed by atoms with Crippen LogP contribution in [0.25, 0.3) is 33.2 Å². The Morgan fingerprint density at radius 2 is 1.84 bits per heavy atom. The maximum Gasteiger partial charge on any atom is 0.139 e. The van der Waals surface area contributed by atoms with Crippen LogP contribution in [-0.2, 0) is 11.8 Å². The first kappa shape index (κ1) is 23.9. The van der Waals surface area contributed by atoms with Crippen LogP contribution in [0.15, 0.2) is 48.8 Å². The van der Waals surface area contributed by atoms with Crippen molar-refractivity contribution < 1.29 is 4.74 Å². The van der Waals surface area contributed by atoms with Gasteiger partial charge in [0, 0.05) is 46.1 Å². The first-order valence-corrected chi connectivity index (χ1v) is 13.0. The molecule has 6 rings (SSSR count). The van der Waals surface area contributed by atoms with Crippen molar-refractivity contribution in [2.75, 3.05) is 32.2 Å². The molecule has 0 aliphatic carbocycles. The quantitative estimate of drug-likeness (QED) is 0.311. The molecule has 1 saturated heterocycles. The Labute approximate surface area is 220 Å². The van der Waals surface area contributed by atoms with E-state index in [0.29, 0.717) is 10.9 Å². The highest BCUT2D eigenvalue weighted by atomic mass is 35.5. The van der Waals surface area contributed by atoms with E-state index in [1.807, 2.05) is 39.2 Å². The maximum atomic E-state index is 6.99. The SMILES string of the molecule is Cc1nnn(C)c1-c1cnc2c3c(N(C)C)ncc(Cl)c3n([C@H](c3ccccc3)C3CCOCC3)c2c1. The van der Waals surface area contributed by atoms with Crippen LogP contribution < -0.4 is 4.90 Å². The number of rotatable bonds is 5. The third-order valence-electron chi connectivity index (χ3n) is 7.42. The molecule has 4 aromatic heterocycles. The summed E-state index contributed by atoms with van der Waals surface area (Å²) in [4.78, 5) is 11.8. The number of aromatic nitrogens is 6. The molecular weight excluding hydrogens is 486 g/mol. The highest BCUT2D eigenvalue weighted by Crippen LogP contribution is 2.44. The summed E-state index contributed by atoms with van der Waals surface area (Å²) in [6, 6.07) is 13.0. The fraction of sp³-hybridized carbons (Fsp3) is 0.357. The average molecular weight is 516 g/mol. The molecule has 0 saturated carbocycles. The zero-order valence-corrected chi connectivity index (χ0v) is 22.3. The third kappa shape index (κ3) is 3.95. The largest absolute Gasteiger partial charge is 0.381 e. The van der Waals surface area contributed by atoms with Gasteiger partial charge in [-0.3, -0.25) is 4.98 Å². The first-order valence-electron chi connectivity index (χ1n) is 12.6. The zero-order chi connectivity index (χ0) is 25.7. The van der Waals surface area contributed by atoms with E-state index in [1.54, 1.807) is 10.9 Å². The van der Waals surface area contributed by atoms with E-state index in [1.165, 1.54) is 5.56 Å². The van der Waals surface area contributed by atoms with Crippen LogP contribution in [0.4, 0.5) is 5.82 Å². The van der Waals surface area contributed by atoms with Gasteiger partial charge in [0.25, 0.3) is 0 Å². The van der Waals surface area contributed by atoms with Crippen molar-refractivity contribution >= 4 is 39.4 Å². The summed E-state index contributed by atoms with van der Waals surface area (Å²) in [5.74, 6) is 1.23. The van der Waals surface area contributed by atoms with E-state index in [0.717, 1.165) is 70.8 Å². The summed E-state index contributed by atoms with van der Waals surface area (Å²) in [6.45, 7) is 3.49. The Morgan fingerprint density at radius 1 is 1.08 bits per heavy atom. The summed E-state index contributed by atoms with van der Waals surface area (Å²) in [5.41, 5.74) is 6.89. The number of aryl methyl sites for hydroxylation is 2. The van der Waals surface area contributed by atoms with Crippen molar-refractivity contribution in [1.29, 1.82) is 0 Å². The lowest BCUT2D eigenvalue weighted by Crippen LogP contribution is -2.27. The van der Waals surface area contributed by atoms with E-state index in [2.05, 4.69) is 51.3 Å². The summed E-state index contributed by atoms with van der Waals surface area (Å²) < 4.78 is 9.97. The van der Waals surface area contributed by atoms with Gasteiger partial charge in [-0.15, -0.1) is 5.10 Å². The van der Waals surface area contributed by atoms with Gasteiger partial charge in [0.05, 0.1) is 50.6 Å². The van der Waals surface area contributed by atoms with Crippen LogP contribution in [0.5, 0.6) is 0 Å². The van der Waals surface area contributed by atoms with E-state index in [-0.39, 0.29) is 6.04 Å². The summed E-state index contributed by atoms with van der Waals surface area (Å²) in [5, 5.41) is 10.1. The molecule has 1 aliphatic heterocycles. The van der Waals surface area contributed by atoms with Gasteiger partial charge in [0.15, 0.2) is 0 Å². The fourth-order valence-electron chi connectivity index (χ4n) is 5.80. The monoisotopic (exact) mass is 515 g/mol. The Kier molecular flexibility index (Phi) is 6.09. The Morgan fingerprint density at radius 3 is 2.51 bits per heavy atom. The van der Waals surface area contributed by atoms with Crippen molar-refractivity contribution in [3.63, 3.8) is 0 Å². The Balaban J connectivity index is 1.74. The minimum absolute atomic E-state index is 0.0582. The summed E-state index contributed by atoms with van der Waals surface area (Å²) in [6.07, 6.45) is 5.62. The number of hydrogen-bond acceptors (Lipinski definition) is 6. The Hall–Kier alpha value is -3.49. The number of benzene rings is 1. The standard InChI is InChI=1S/C28H30ClN7O/c1-17-25(35(4)33-32-17)20-14-22-24(30-15-20)23-27(21(29)16-31-28(23)34(2)3)36(22)26(18-8-6-5-7-9-18)19-10-12-37-13-11-19/h5-9,14-16,19,26H,10-13H2,1-4H3/t26-/m1/s1. The lowest BCUT2D eigenvalue weighted by Gasteiger charge is -2.33. The number of nitrogens with zero attached hydrogens (tertiary/aromatic N) is 7. The summed E-state index contributed by atoms with van der Waals surface area (Å²) in [7, 11) is 5.92. The molecule has 5 heterocycles. The normalized spacial score (nSPS) is 15.5.